The van der Waals surface area contributed by atoms with Crippen LogP contribution in [0.5, 0.6) is 0 Å². The van der Waals surface area contributed by atoms with E-state index in [0.29, 0.717) is 13.0 Å². The van der Waals surface area contributed by atoms with Gasteiger partial charge in [-0.2, -0.15) is 13.2 Å². The normalized spacial score (nSPS) is 14.6. The summed E-state index contributed by atoms with van der Waals surface area (Å²) in [6.45, 7) is 0.544. The third-order valence-electron chi connectivity index (χ3n) is 3.12. The molecule has 1 aromatic heterocycles. The zero-order chi connectivity index (χ0) is 13.0. The van der Waals surface area contributed by atoms with Gasteiger partial charge >= 0.3 is 6.18 Å². The first-order chi connectivity index (χ1) is 8.54. The van der Waals surface area contributed by atoms with Gasteiger partial charge in [0.2, 0.25) is 0 Å². The minimum atomic E-state index is -4.04. The van der Waals surface area contributed by atoms with Crippen molar-refractivity contribution in [2.75, 3.05) is 11.9 Å². The van der Waals surface area contributed by atoms with Crippen LogP contribution in [-0.4, -0.2) is 17.7 Å². The molecule has 1 N–H and O–H groups in total. The number of aromatic nitrogens is 1. The van der Waals surface area contributed by atoms with Crippen molar-refractivity contribution >= 4 is 5.82 Å². The molecule has 2 nitrogen and oxygen atoms in total. The van der Waals surface area contributed by atoms with E-state index in [1.807, 2.05) is 6.07 Å². The smallest absolute Gasteiger partial charge is 0.370 e. The van der Waals surface area contributed by atoms with Crippen LogP contribution in [0, 0.1) is 0 Å². The van der Waals surface area contributed by atoms with Crippen molar-refractivity contribution in [3.8, 4) is 0 Å². The van der Waals surface area contributed by atoms with Gasteiger partial charge in [0.15, 0.2) is 0 Å². The molecule has 100 valence electrons. The molecule has 0 spiro atoms. The fourth-order valence-corrected chi connectivity index (χ4v) is 2.19. The van der Waals surface area contributed by atoms with Gasteiger partial charge in [0.25, 0.3) is 0 Å². The van der Waals surface area contributed by atoms with E-state index in [1.54, 1.807) is 0 Å². The Morgan fingerprint density at radius 1 is 1.17 bits per heavy atom. The summed E-state index contributed by atoms with van der Waals surface area (Å²) in [5.74, 6) is 0.780. The maximum atomic E-state index is 11.9. The van der Waals surface area contributed by atoms with E-state index in [1.165, 1.54) is 5.56 Å². The monoisotopic (exact) mass is 258 g/mol. The van der Waals surface area contributed by atoms with Gasteiger partial charge in [-0.05, 0) is 43.7 Å². The molecule has 0 bridgehead atoms. The second-order valence-corrected chi connectivity index (χ2v) is 4.65. The highest BCUT2D eigenvalue weighted by Crippen LogP contribution is 2.23. The first-order valence-corrected chi connectivity index (χ1v) is 6.34. The second kappa shape index (κ2) is 5.59. The number of hydrogen-bond acceptors (Lipinski definition) is 2. The van der Waals surface area contributed by atoms with Crippen LogP contribution in [0.1, 0.15) is 36.9 Å². The van der Waals surface area contributed by atoms with E-state index in [0.717, 1.165) is 30.8 Å². The lowest BCUT2D eigenvalue weighted by atomic mass is 10.2. The van der Waals surface area contributed by atoms with E-state index >= 15 is 0 Å². The fourth-order valence-electron chi connectivity index (χ4n) is 2.19. The highest BCUT2D eigenvalue weighted by Gasteiger charge is 2.25. The molecular weight excluding hydrogens is 241 g/mol. The summed E-state index contributed by atoms with van der Waals surface area (Å²) in [6, 6.07) is 3.97. The molecule has 1 aromatic rings. The predicted octanol–water partition coefficient (Wildman–Crippen LogP) is 3.71. The lowest BCUT2D eigenvalue weighted by Crippen LogP contribution is -2.09. The van der Waals surface area contributed by atoms with Crippen LogP contribution in [-0.2, 0) is 12.8 Å². The summed E-state index contributed by atoms with van der Waals surface area (Å²) < 4.78 is 35.8. The van der Waals surface area contributed by atoms with Gasteiger partial charge in [0.05, 0.1) is 0 Å². The van der Waals surface area contributed by atoms with Gasteiger partial charge in [-0.15, -0.1) is 0 Å². The summed E-state index contributed by atoms with van der Waals surface area (Å²) in [6.07, 6.45) is -0.803. The summed E-state index contributed by atoms with van der Waals surface area (Å²) in [4.78, 5) is 4.47. The van der Waals surface area contributed by atoms with Crippen LogP contribution >= 0.6 is 0 Å². The van der Waals surface area contributed by atoms with Crippen LogP contribution < -0.4 is 5.32 Å². The number of unbranched alkanes of at least 4 members (excludes halogenated alkanes) is 1. The number of nitrogens with one attached hydrogen (secondary N) is 1. The Morgan fingerprint density at radius 2 is 2.00 bits per heavy atom. The van der Waals surface area contributed by atoms with E-state index in [4.69, 9.17) is 0 Å². The van der Waals surface area contributed by atoms with Gasteiger partial charge in [-0.3, -0.25) is 0 Å². The van der Waals surface area contributed by atoms with Crippen LogP contribution in [0.15, 0.2) is 12.1 Å². The Hall–Kier alpha value is -1.26. The highest BCUT2D eigenvalue weighted by molar-refractivity contribution is 5.40. The van der Waals surface area contributed by atoms with E-state index in [2.05, 4.69) is 16.4 Å². The Morgan fingerprint density at radius 3 is 2.78 bits per heavy atom. The van der Waals surface area contributed by atoms with Gasteiger partial charge < -0.3 is 5.32 Å². The Bertz CT molecular complexity index is 402. The van der Waals surface area contributed by atoms with E-state index in [9.17, 15) is 13.2 Å². The summed E-state index contributed by atoms with van der Waals surface area (Å²) in [5, 5.41) is 3.08. The number of fused-ring (bicyclic) bond motifs is 1. The average molecular weight is 258 g/mol. The summed E-state index contributed by atoms with van der Waals surface area (Å²) in [7, 11) is 0. The van der Waals surface area contributed by atoms with Gasteiger partial charge in [-0.25, -0.2) is 4.98 Å². The topological polar surface area (TPSA) is 24.9 Å². The van der Waals surface area contributed by atoms with E-state index < -0.39 is 12.6 Å². The van der Waals surface area contributed by atoms with E-state index in [-0.39, 0.29) is 6.42 Å². The molecular formula is C13H17F3N2. The second-order valence-electron chi connectivity index (χ2n) is 4.65. The van der Waals surface area contributed by atoms with Crippen molar-refractivity contribution in [1.29, 1.82) is 0 Å². The third kappa shape index (κ3) is 3.89. The molecule has 1 aliphatic carbocycles. The molecule has 2 rings (SSSR count). The number of rotatable bonds is 5. The van der Waals surface area contributed by atoms with Crippen LogP contribution in [0.3, 0.4) is 0 Å². The third-order valence-corrected chi connectivity index (χ3v) is 3.12. The average Bonchev–Trinajstić information content (AvgIpc) is 2.74. The summed E-state index contributed by atoms with van der Waals surface area (Å²) >= 11 is 0. The minimum absolute atomic E-state index is 0.168. The Balaban J connectivity index is 1.71. The fraction of sp³-hybridized carbons (Fsp3) is 0.615. The lowest BCUT2D eigenvalue weighted by Gasteiger charge is -2.08. The summed E-state index contributed by atoms with van der Waals surface area (Å²) in [5.41, 5.74) is 2.44. The van der Waals surface area contributed by atoms with Gasteiger partial charge in [0, 0.05) is 18.7 Å². The quantitative estimate of drug-likeness (QED) is 0.814. The maximum absolute atomic E-state index is 11.9. The number of hydrogen-bond donors (Lipinski definition) is 1. The minimum Gasteiger partial charge on any atom is -0.370 e. The number of alkyl halides is 3. The lowest BCUT2D eigenvalue weighted by molar-refractivity contribution is -0.135. The van der Waals surface area contributed by atoms with Crippen LogP contribution in [0.25, 0.3) is 0 Å². The predicted molar refractivity (Wildman–Crippen MR) is 64.7 cm³/mol. The van der Waals surface area contributed by atoms with Crippen molar-refractivity contribution in [2.24, 2.45) is 0 Å². The highest BCUT2D eigenvalue weighted by atomic mass is 19.4. The molecule has 0 atom stereocenters. The first kappa shape index (κ1) is 13.2. The molecule has 1 heterocycles. The Kier molecular flexibility index (Phi) is 4.09. The van der Waals surface area contributed by atoms with Crippen molar-refractivity contribution in [3.63, 3.8) is 0 Å². The molecule has 0 aromatic carbocycles. The van der Waals surface area contributed by atoms with Gasteiger partial charge in [-0.1, -0.05) is 6.07 Å². The number of nitrogens with zero attached hydrogens (tertiary/aromatic N) is 1. The van der Waals surface area contributed by atoms with Crippen LogP contribution in [0.2, 0.25) is 0 Å². The molecule has 0 aliphatic heterocycles. The van der Waals surface area contributed by atoms with Crippen molar-refractivity contribution in [1.82, 2.24) is 4.98 Å². The molecule has 0 fully saturated rings. The molecule has 0 amide bonds. The largest absolute Gasteiger partial charge is 0.389 e. The first-order valence-electron chi connectivity index (χ1n) is 6.34. The molecule has 0 radical (unpaired) electrons. The maximum Gasteiger partial charge on any atom is 0.389 e. The Labute approximate surface area is 105 Å². The number of anilines is 1. The standard InChI is InChI=1S/C13H17F3N2/c14-13(15,16)8-1-2-9-17-12-7-6-10-4-3-5-11(10)18-12/h6-7H,1-5,8-9H2,(H,17,18). The number of pyridine rings is 1. The van der Waals surface area contributed by atoms with Gasteiger partial charge in [0.1, 0.15) is 5.82 Å². The zero-order valence-electron chi connectivity index (χ0n) is 10.2. The molecule has 18 heavy (non-hydrogen) atoms. The van der Waals surface area contributed by atoms with Crippen molar-refractivity contribution in [3.05, 3.63) is 23.4 Å². The molecule has 0 unspecified atom stereocenters. The van der Waals surface area contributed by atoms with Crippen LogP contribution in [0.4, 0.5) is 19.0 Å². The number of halogens is 3. The van der Waals surface area contributed by atoms with Crippen molar-refractivity contribution in [2.45, 2.75) is 44.7 Å². The molecule has 0 saturated carbocycles. The molecule has 0 saturated heterocycles. The zero-order valence-corrected chi connectivity index (χ0v) is 10.2. The molecule has 1 aliphatic rings. The van der Waals surface area contributed by atoms with Crippen molar-refractivity contribution < 1.29 is 13.2 Å². The number of aryl methyl sites for hydroxylation is 2. The SMILES string of the molecule is FC(F)(F)CCCCNc1ccc2c(n1)CCC2. The molecule has 5 heteroatoms.